The summed E-state index contributed by atoms with van der Waals surface area (Å²) in [4.78, 5) is 37.9. The number of aromatic hydroxyl groups is 1. The van der Waals surface area contributed by atoms with Gasteiger partial charge in [-0.3, -0.25) is 14.4 Å². The number of carbonyl (C=O) groups excluding carboxylic acids is 2. The molecule has 0 unspecified atom stereocenters. The van der Waals surface area contributed by atoms with Crippen molar-refractivity contribution in [1.82, 2.24) is 14.8 Å². The van der Waals surface area contributed by atoms with Crippen LogP contribution in [0.25, 0.3) is 0 Å². The summed E-state index contributed by atoms with van der Waals surface area (Å²) in [6.45, 7) is 2.19. The number of hydrogen-bond donors (Lipinski definition) is 2. The fraction of sp³-hybridized carbons (Fsp3) is 0.346. The van der Waals surface area contributed by atoms with Crippen molar-refractivity contribution in [2.75, 3.05) is 13.6 Å². The highest BCUT2D eigenvalue weighted by Crippen LogP contribution is 2.26. The maximum Gasteiger partial charge on any atom is 0.274 e. The fourth-order valence-electron chi connectivity index (χ4n) is 2.92. The average Bonchev–Trinajstić information content (AvgIpc) is 3.62. The minimum absolute atomic E-state index is 0. The van der Waals surface area contributed by atoms with Crippen molar-refractivity contribution >= 4 is 11.8 Å². The summed E-state index contributed by atoms with van der Waals surface area (Å²) in [5.41, 5.74) is -2.39. The summed E-state index contributed by atoms with van der Waals surface area (Å²) in [6, 6.07) is 0.929. The number of benzene rings is 1. The molecule has 0 bridgehead atoms. The first-order valence-electron chi connectivity index (χ1n) is 10.4. The van der Waals surface area contributed by atoms with Gasteiger partial charge in [0.2, 0.25) is 5.43 Å². The van der Waals surface area contributed by atoms with E-state index in [0.717, 1.165) is 12.1 Å². The van der Waals surface area contributed by atoms with E-state index in [1.54, 1.807) is 0 Å². The number of fused-ring (bicyclic) bond motifs is 1. The Bertz CT molecular complexity index is 1160. The number of nitrogens with one attached hydrogen (secondary N) is 1. The SMILES string of the molecule is C.C#C.C#C.CC1CC1.CN1CCn2cc(C(=O)NCc3c(F)cc(F)cc3F)c(=O)c(O)c2C1=O. The molecular formula is C26H30F3N3O4. The van der Waals surface area contributed by atoms with Crippen molar-refractivity contribution in [1.29, 1.82) is 0 Å². The summed E-state index contributed by atoms with van der Waals surface area (Å²) in [5, 5.41) is 12.2. The van der Waals surface area contributed by atoms with Gasteiger partial charge in [0.15, 0.2) is 11.4 Å². The minimum atomic E-state index is -1.19. The van der Waals surface area contributed by atoms with E-state index in [4.69, 9.17) is 0 Å². The Morgan fingerprint density at radius 3 is 2.06 bits per heavy atom. The fourth-order valence-corrected chi connectivity index (χ4v) is 2.92. The van der Waals surface area contributed by atoms with Gasteiger partial charge < -0.3 is 19.9 Å². The molecule has 4 rings (SSSR count). The molecule has 7 nitrogen and oxygen atoms in total. The Balaban J connectivity index is 0.00000119. The highest BCUT2D eigenvalue weighted by Gasteiger charge is 2.29. The maximum atomic E-state index is 13.6. The molecule has 1 saturated carbocycles. The molecule has 2 aromatic rings. The Morgan fingerprint density at radius 2 is 1.58 bits per heavy atom. The summed E-state index contributed by atoms with van der Waals surface area (Å²) < 4.78 is 41.5. The highest BCUT2D eigenvalue weighted by molar-refractivity contribution is 5.98. The molecule has 36 heavy (non-hydrogen) atoms. The second-order valence-electron chi connectivity index (χ2n) is 7.70. The van der Waals surface area contributed by atoms with Gasteiger partial charge >= 0.3 is 0 Å². The predicted molar refractivity (Wildman–Crippen MR) is 132 cm³/mol. The number of nitrogens with zero attached hydrogens (tertiary/aromatic N) is 2. The Labute approximate surface area is 208 Å². The molecule has 0 atom stereocenters. The number of terminal acetylenes is 2. The van der Waals surface area contributed by atoms with Gasteiger partial charge in [0.1, 0.15) is 23.0 Å². The molecule has 2 amide bonds. The molecule has 0 spiro atoms. The van der Waals surface area contributed by atoms with Crippen molar-refractivity contribution in [2.45, 2.75) is 40.3 Å². The van der Waals surface area contributed by atoms with Gasteiger partial charge in [-0.15, -0.1) is 25.7 Å². The van der Waals surface area contributed by atoms with Crippen LogP contribution in [0.3, 0.4) is 0 Å². The number of amides is 2. The van der Waals surface area contributed by atoms with E-state index in [1.807, 2.05) is 0 Å². The van der Waals surface area contributed by atoms with E-state index in [0.29, 0.717) is 18.7 Å². The number of likely N-dealkylation sites (N-methyl/N-ethyl adjacent to an activating group) is 1. The van der Waals surface area contributed by atoms with Gasteiger partial charge in [0.05, 0.1) is 0 Å². The first kappa shape index (κ1) is 31.8. The van der Waals surface area contributed by atoms with Crippen LogP contribution in [0.1, 0.15) is 53.6 Å². The lowest BCUT2D eigenvalue weighted by molar-refractivity contribution is 0.0740. The van der Waals surface area contributed by atoms with Crippen LogP contribution in [-0.2, 0) is 13.1 Å². The predicted octanol–water partition coefficient (Wildman–Crippen LogP) is 3.54. The van der Waals surface area contributed by atoms with Gasteiger partial charge in [-0.1, -0.05) is 27.2 Å². The minimum Gasteiger partial charge on any atom is -0.503 e. The quantitative estimate of drug-likeness (QED) is 0.625. The first-order valence-corrected chi connectivity index (χ1v) is 10.4. The van der Waals surface area contributed by atoms with E-state index in [2.05, 4.69) is 37.9 Å². The standard InChI is InChI=1S/C17H14F3N3O4.C4H8.2C2H2.CH4/c1-22-2-3-23-7-10(14(24)15(25)13(23)17(22)27)16(26)21-6-9-11(19)4-8(18)5-12(9)20;1-4-2-3-4;2*1-2;/h4-5,7,25H,2-3,6H2,1H3,(H,21,26);4H,2-3H2,1H3;2*1-2H;1H4. The van der Waals surface area contributed by atoms with Gasteiger partial charge in [0, 0.05) is 50.6 Å². The second kappa shape index (κ2) is 14.3. The van der Waals surface area contributed by atoms with E-state index in [9.17, 15) is 32.7 Å². The largest absolute Gasteiger partial charge is 0.503 e. The molecule has 2 N–H and O–H groups in total. The van der Waals surface area contributed by atoms with E-state index in [-0.39, 0.29) is 19.7 Å². The van der Waals surface area contributed by atoms with Crippen LogP contribution in [0.2, 0.25) is 0 Å². The molecule has 1 aromatic carbocycles. The van der Waals surface area contributed by atoms with Crippen LogP contribution in [0, 0.1) is 49.1 Å². The Morgan fingerprint density at radius 1 is 1.08 bits per heavy atom. The van der Waals surface area contributed by atoms with Crippen LogP contribution in [0.4, 0.5) is 13.2 Å². The molecule has 0 saturated heterocycles. The molecule has 10 heteroatoms. The van der Waals surface area contributed by atoms with Gasteiger partial charge in [-0.25, -0.2) is 13.2 Å². The average molecular weight is 506 g/mol. The molecule has 1 aliphatic carbocycles. The Hall–Kier alpha value is -4.18. The monoisotopic (exact) mass is 505 g/mol. The van der Waals surface area contributed by atoms with E-state index >= 15 is 0 Å². The second-order valence-corrected chi connectivity index (χ2v) is 7.70. The zero-order valence-electron chi connectivity index (χ0n) is 19.4. The highest BCUT2D eigenvalue weighted by atomic mass is 19.1. The van der Waals surface area contributed by atoms with Crippen LogP contribution in [0.5, 0.6) is 5.75 Å². The number of hydrogen-bond acceptors (Lipinski definition) is 4. The van der Waals surface area contributed by atoms with E-state index in [1.165, 1.54) is 29.4 Å². The summed E-state index contributed by atoms with van der Waals surface area (Å²) >= 11 is 0. The molecule has 1 aromatic heterocycles. The smallest absolute Gasteiger partial charge is 0.274 e. The molecule has 0 radical (unpaired) electrons. The van der Waals surface area contributed by atoms with Crippen molar-refractivity contribution in [3.8, 4) is 31.4 Å². The van der Waals surface area contributed by atoms with Crippen LogP contribution < -0.4 is 10.7 Å². The normalized spacial score (nSPS) is 13.1. The number of rotatable bonds is 3. The van der Waals surface area contributed by atoms with Gasteiger partial charge in [0.25, 0.3) is 11.8 Å². The van der Waals surface area contributed by atoms with Crippen LogP contribution >= 0.6 is 0 Å². The van der Waals surface area contributed by atoms with Crippen LogP contribution in [0.15, 0.2) is 23.1 Å². The molecule has 2 heterocycles. The summed E-state index contributed by atoms with van der Waals surface area (Å²) in [5.74, 6) is -4.85. The Kier molecular flexibility index (Phi) is 12.6. The lowest BCUT2D eigenvalue weighted by Crippen LogP contribution is -2.40. The number of pyridine rings is 1. The molecule has 194 valence electrons. The third kappa shape index (κ3) is 7.67. The lowest BCUT2D eigenvalue weighted by Gasteiger charge is -2.27. The van der Waals surface area contributed by atoms with Crippen molar-refractivity contribution in [3.63, 3.8) is 0 Å². The molecule has 2 aliphatic rings. The summed E-state index contributed by atoms with van der Waals surface area (Å²) in [6.07, 6.45) is 20.1. The van der Waals surface area contributed by atoms with Crippen molar-refractivity contribution < 1.29 is 27.9 Å². The molecule has 1 aliphatic heterocycles. The zero-order valence-corrected chi connectivity index (χ0v) is 19.4. The molecule has 1 fully saturated rings. The van der Waals surface area contributed by atoms with Crippen molar-refractivity contribution in [3.05, 3.63) is 62.8 Å². The lowest BCUT2D eigenvalue weighted by atomic mass is 10.1. The van der Waals surface area contributed by atoms with Gasteiger partial charge in [-0.05, 0) is 5.92 Å². The van der Waals surface area contributed by atoms with Crippen molar-refractivity contribution in [2.24, 2.45) is 5.92 Å². The maximum absolute atomic E-state index is 13.6. The first-order chi connectivity index (χ1) is 16.6. The topological polar surface area (TPSA) is 91.6 Å². The number of carbonyl (C=O) groups is 2. The number of halogens is 3. The third-order valence-electron chi connectivity index (χ3n) is 5.12. The number of aromatic nitrogens is 1. The van der Waals surface area contributed by atoms with E-state index < -0.39 is 58.1 Å². The molecular weight excluding hydrogens is 475 g/mol. The van der Waals surface area contributed by atoms with Crippen LogP contribution in [-0.4, -0.2) is 40.0 Å². The third-order valence-corrected chi connectivity index (χ3v) is 5.12. The zero-order chi connectivity index (χ0) is 26.9. The van der Waals surface area contributed by atoms with Gasteiger partial charge in [-0.2, -0.15) is 0 Å². The summed E-state index contributed by atoms with van der Waals surface area (Å²) in [7, 11) is 1.50.